The summed E-state index contributed by atoms with van der Waals surface area (Å²) in [5.41, 5.74) is 16.3. The van der Waals surface area contributed by atoms with E-state index < -0.39 is 0 Å². The molecule has 306 valence electrons. The fraction of sp³-hybridized carbons (Fsp3) is 0.0968. The number of hydrogen-bond acceptors (Lipinski definition) is 2. The van der Waals surface area contributed by atoms with Gasteiger partial charge in [-0.3, -0.25) is 0 Å². The van der Waals surface area contributed by atoms with Gasteiger partial charge in [0, 0.05) is 27.7 Å². The molecule has 0 amide bonds. The van der Waals surface area contributed by atoms with E-state index in [-0.39, 0.29) is 0 Å². The second-order valence-corrected chi connectivity index (χ2v) is 17.4. The summed E-state index contributed by atoms with van der Waals surface area (Å²) in [6.45, 7) is 0. The van der Waals surface area contributed by atoms with Crippen molar-refractivity contribution in [2.45, 2.75) is 38.0 Å². The van der Waals surface area contributed by atoms with Crippen LogP contribution in [0.2, 0.25) is 0 Å². The second kappa shape index (κ2) is 16.2. The van der Waals surface area contributed by atoms with Crippen molar-refractivity contribution in [3.63, 3.8) is 0 Å². The number of fused-ring (bicyclic) bond motifs is 5. The third kappa shape index (κ3) is 6.83. The van der Waals surface area contributed by atoms with Gasteiger partial charge in [0.15, 0.2) is 0 Å². The van der Waals surface area contributed by atoms with Crippen molar-refractivity contribution >= 4 is 60.5 Å². The topological polar surface area (TPSA) is 16.4 Å². The maximum atomic E-state index is 6.30. The van der Waals surface area contributed by atoms with Crippen molar-refractivity contribution in [3.8, 4) is 44.5 Å². The van der Waals surface area contributed by atoms with Crippen LogP contribution in [0.1, 0.15) is 43.6 Å². The Hall–Kier alpha value is -7.68. The molecular weight excluding hydrogens is 775 g/mol. The van der Waals surface area contributed by atoms with E-state index in [9.17, 15) is 0 Å². The summed E-state index contributed by atoms with van der Waals surface area (Å²) in [4.78, 5) is 2.44. The van der Waals surface area contributed by atoms with Crippen molar-refractivity contribution in [1.82, 2.24) is 0 Å². The normalized spacial score (nSPS) is 13.2. The van der Waals surface area contributed by atoms with Crippen molar-refractivity contribution < 1.29 is 4.42 Å². The fourth-order valence-corrected chi connectivity index (χ4v) is 10.5. The monoisotopic (exact) mass is 821 g/mol. The summed E-state index contributed by atoms with van der Waals surface area (Å²) in [6, 6.07) is 80.0. The number of hydrogen-bond donors (Lipinski definition) is 0. The molecule has 0 saturated heterocycles. The summed E-state index contributed by atoms with van der Waals surface area (Å²) in [6.07, 6.45) is 6.47. The quantitative estimate of drug-likeness (QED) is 0.152. The van der Waals surface area contributed by atoms with Crippen LogP contribution in [-0.4, -0.2) is 0 Å². The largest absolute Gasteiger partial charge is 0.456 e. The molecule has 2 nitrogen and oxygen atoms in total. The Morgan fingerprint density at radius 1 is 0.359 bits per heavy atom. The van der Waals surface area contributed by atoms with Gasteiger partial charge in [0.2, 0.25) is 0 Å². The third-order valence-electron chi connectivity index (χ3n) is 13.7. The third-order valence-corrected chi connectivity index (χ3v) is 13.7. The lowest BCUT2D eigenvalue weighted by Gasteiger charge is -2.29. The van der Waals surface area contributed by atoms with Crippen LogP contribution < -0.4 is 4.90 Å². The first-order valence-corrected chi connectivity index (χ1v) is 22.9. The van der Waals surface area contributed by atoms with Crippen LogP contribution in [0, 0.1) is 0 Å². The van der Waals surface area contributed by atoms with Gasteiger partial charge in [0.25, 0.3) is 0 Å². The smallest absolute Gasteiger partial charge is 0.136 e. The SMILES string of the molecule is c1ccc(N(c2ccc(-c3ccc(-c4cccc5ccccc45)cc3)cc2)c2ccc(-c3ccc4c(c3)oc3ccccc34)cc2)c(-c2cccc3cccc(C4CCCCC4)c23)c1. The van der Waals surface area contributed by atoms with Crippen molar-refractivity contribution in [2.24, 2.45) is 0 Å². The molecule has 1 fully saturated rings. The molecule has 0 aliphatic heterocycles. The highest BCUT2D eigenvalue weighted by Gasteiger charge is 2.23. The maximum Gasteiger partial charge on any atom is 0.136 e. The Bertz CT molecular complexity index is 3450. The van der Waals surface area contributed by atoms with E-state index in [1.807, 2.05) is 12.1 Å². The van der Waals surface area contributed by atoms with E-state index in [1.54, 1.807) is 0 Å². The zero-order valence-corrected chi connectivity index (χ0v) is 35.8. The van der Waals surface area contributed by atoms with Gasteiger partial charge in [-0.1, -0.05) is 189 Å². The fourth-order valence-electron chi connectivity index (χ4n) is 10.5. The van der Waals surface area contributed by atoms with Gasteiger partial charge >= 0.3 is 0 Å². The molecule has 0 unspecified atom stereocenters. The standard InChI is InChI=1S/C62H47NO/c1-2-13-46(14-3-1)54-23-11-17-48-18-12-24-58(62(48)54)55-20-6-8-25-59(55)63(51-38-33-44(34-39-51)49-35-40-57-56-21-7-9-26-60(56)64-61(57)41-49)50-36-31-43(32-37-50)42-27-29-47(30-28-42)53-22-10-16-45-15-4-5-19-52(45)53/h4-12,15-41,46H,1-3,13-14H2. The molecule has 2 heteroatoms. The minimum atomic E-state index is 0.585. The Morgan fingerprint density at radius 2 is 0.891 bits per heavy atom. The number of nitrogens with zero attached hydrogens (tertiary/aromatic N) is 1. The van der Waals surface area contributed by atoms with E-state index in [1.165, 1.54) is 92.6 Å². The molecule has 0 spiro atoms. The van der Waals surface area contributed by atoms with E-state index >= 15 is 0 Å². The predicted molar refractivity (Wildman–Crippen MR) is 271 cm³/mol. The summed E-state index contributed by atoms with van der Waals surface area (Å²) >= 11 is 0. The lowest BCUT2D eigenvalue weighted by molar-refractivity contribution is 0.445. The minimum absolute atomic E-state index is 0.585. The minimum Gasteiger partial charge on any atom is -0.456 e. The van der Waals surface area contributed by atoms with Crippen molar-refractivity contribution in [3.05, 3.63) is 224 Å². The zero-order valence-electron chi connectivity index (χ0n) is 35.8. The lowest BCUT2D eigenvalue weighted by atomic mass is 9.80. The van der Waals surface area contributed by atoms with E-state index in [2.05, 4.69) is 211 Å². The Morgan fingerprint density at radius 3 is 1.66 bits per heavy atom. The summed E-state index contributed by atoms with van der Waals surface area (Å²) in [5.74, 6) is 0.585. The molecule has 0 radical (unpaired) electrons. The average Bonchev–Trinajstić information content (AvgIpc) is 3.75. The average molecular weight is 822 g/mol. The van der Waals surface area contributed by atoms with Gasteiger partial charge < -0.3 is 9.32 Å². The van der Waals surface area contributed by atoms with Gasteiger partial charge in [0.05, 0.1) is 5.69 Å². The molecular formula is C62H47NO. The van der Waals surface area contributed by atoms with Crippen molar-refractivity contribution in [1.29, 1.82) is 0 Å². The molecule has 0 N–H and O–H groups in total. The molecule has 10 aromatic carbocycles. The van der Waals surface area contributed by atoms with Crippen LogP contribution in [0.4, 0.5) is 17.1 Å². The first-order valence-electron chi connectivity index (χ1n) is 22.9. The molecule has 64 heavy (non-hydrogen) atoms. The highest BCUT2D eigenvalue weighted by Crippen LogP contribution is 2.46. The summed E-state index contributed by atoms with van der Waals surface area (Å²) < 4.78 is 6.30. The summed E-state index contributed by atoms with van der Waals surface area (Å²) in [7, 11) is 0. The second-order valence-electron chi connectivity index (χ2n) is 17.4. The van der Waals surface area contributed by atoms with Crippen LogP contribution in [0.5, 0.6) is 0 Å². The van der Waals surface area contributed by atoms with Gasteiger partial charge in [0.1, 0.15) is 11.2 Å². The van der Waals surface area contributed by atoms with E-state index in [0.717, 1.165) is 50.1 Å². The van der Waals surface area contributed by atoms with Crippen LogP contribution in [0.25, 0.3) is 88.0 Å². The first kappa shape index (κ1) is 38.0. The first-order chi connectivity index (χ1) is 31.7. The number of rotatable bonds is 8. The molecule has 11 aromatic rings. The van der Waals surface area contributed by atoms with Crippen LogP contribution in [0.3, 0.4) is 0 Å². The summed E-state index contributed by atoms with van der Waals surface area (Å²) in [5, 5.41) is 7.52. The zero-order chi connectivity index (χ0) is 42.4. The molecule has 1 heterocycles. The van der Waals surface area contributed by atoms with Crippen LogP contribution >= 0.6 is 0 Å². The molecule has 0 bridgehead atoms. The highest BCUT2D eigenvalue weighted by molar-refractivity contribution is 6.06. The maximum absolute atomic E-state index is 6.30. The number of anilines is 3. The van der Waals surface area contributed by atoms with Crippen LogP contribution in [-0.2, 0) is 0 Å². The van der Waals surface area contributed by atoms with Gasteiger partial charge in [-0.2, -0.15) is 0 Å². The van der Waals surface area contributed by atoms with Crippen molar-refractivity contribution in [2.75, 3.05) is 4.90 Å². The number of furan rings is 1. The van der Waals surface area contributed by atoms with Gasteiger partial charge in [-0.25, -0.2) is 0 Å². The molecule has 1 aliphatic rings. The Balaban J connectivity index is 0.954. The molecule has 0 atom stereocenters. The van der Waals surface area contributed by atoms with E-state index in [4.69, 9.17) is 4.42 Å². The molecule has 1 aromatic heterocycles. The highest BCUT2D eigenvalue weighted by atomic mass is 16.3. The molecule has 12 rings (SSSR count). The number of para-hydroxylation sites is 2. The lowest BCUT2D eigenvalue weighted by Crippen LogP contribution is -2.11. The molecule has 1 aliphatic carbocycles. The Kier molecular flexibility index (Phi) is 9.64. The predicted octanol–water partition coefficient (Wildman–Crippen LogP) is 18.1. The number of benzene rings is 10. The van der Waals surface area contributed by atoms with Gasteiger partial charge in [-0.15, -0.1) is 0 Å². The van der Waals surface area contributed by atoms with Crippen LogP contribution in [0.15, 0.2) is 223 Å². The molecule has 1 saturated carbocycles. The van der Waals surface area contributed by atoms with E-state index in [0.29, 0.717) is 5.92 Å². The Labute approximate surface area is 374 Å². The van der Waals surface area contributed by atoms with Gasteiger partial charge in [-0.05, 0) is 133 Å².